The van der Waals surface area contributed by atoms with E-state index in [0.717, 1.165) is 29.5 Å². The van der Waals surface area contributed by atoms with E-state index in [1.165, 1.54) is 34.5 Å². The molecular weight excluding hydrogens is 596 g/mol. The molecule has 3 aromatic carbocycles. The van der Waals surface area contributed by atoms with Gasteiger partial charge in [0.2, 0.25) is 0 Å². The van der Waals surface area contributed by atoms with Gasteiger partial charge in [-0.3, -0.25) is 29.6 Å². The summed E-state index contributed by atoms with van der Waals surface area (Å²) < 4.78 is 1.32. The Labute approximate surface area is 259 Å². The van der Waals surface area contributed by atoms with E-state index in [0.29, 0.717) is 27.2 Å². The average Bonchev–Trinajstić information content (AvgIpc) is 3.90. The number of nitro groups is 2. The Hall–Kier alpha value is -5.36. The van der Waals surface area contributed by atoms with E-state index >= 15 is 0 Å². The van der Waals surface area contributed by atoms with Crippen molar-refractivity contribution in [1.29, 1.82) is 0 Å². The van der Waals surface area contributed by atoms with Crippen molar-refractivity contribution in [2.45, 2.75) is 41.5 Å². The normalized spacial score (nSPS) is 17.5. The quantitative estimate of drug-likeness (QED) is 0.146. The molecule has 1 aliphatic carbocycles. The highest BCUT2D eigenvalue weighted by molar-refractivity contribution is 7.99. The van der Waals surface area contributed by atoms with Gasteiger partial charge in [-0.05, 0) is 60.1 Å². The zero-order chi connectivity index (χ0) is 31.4. The van der Waals surface area contributed by atoms with Crippen molar-refractivity contribution in [3.05, 3.63) is 127 Å². The number of pyridine rings is 2. The molecule has 2 aliphatic rings. The molecule has 1 N–H and O–H groups in total. The number of aliphatic carboxylic acids is 1. The first kappa shape index (κ1) is 28.4. The second-order valence-electron chi connectivity index (χ2n) is 11.1. The molecule has 12 heteroatoms. The molecule has 1 fully saturated rings. The molecule has 5 aromatic rings. The molecular formula is C33H24N4O7S. The van der Waals surface area contributed by atoms with Gasteiger partial charge in [0.1, 0.15) is 11.6 Å². The SMILES string of the molecule is O=C(O)C1CC(c2ccccc2[N+](=O)[O-])Sc2c(C3CC3)c3c(-c4ccccc4)cc(-c4ccc([N+](=O)[O-])cc4)nc3c(=O)n21. The molecule has 0 amide bonds. The number of carbonyl (C=O) groups is 1. The van der Waals surface area contributed by atoms with E-state index in [1.807, 2.05) is 36.4 Å². The van der Waals surface area contributed by atoms with Gasteiger partial charge in [-0.1, -0.05) is 60.3 Å². The Morgan fingerprint density at radius 3 is 2.24 bits per heavy atom. The molecule has 0 bridgehead atoms. The Kier molecular flexibility index (Phi) is 6.93. The molecule has 11 nitrogen and oxygen atoms in total. The fourth-order valence-corrected chi connectivity index (χ4v) is 7.73. The fraction of sp³-hybridized carbons (Fsp3) is 0.182. The zero-order valence-electron chi connectivity index (χ0n) is 23.5. The minimum Gasteiger partial charge on any atom is -0.480 e. The summed E-state index contributed by atoms with van der Waals surface area (Å²) in [5.74, 6) is -1.16. The summed E-state index contributed by atoms with van der Waals surface area (Å²) in [6, 6.07) is 22.3. The minimum absolute atomic E-state index is 0.0268. The summed E-state index contributed by atoms with van der Waals surface area (Å²) in [6.45, 7) is 0. The Morgan fingerprint density at radius 1 is 0.911 bits per heavy atom. The molecule has 224 valence electrons. The standard InChI is InChI=1S/C33H24N4O7S/c38-31-30-29(23(18-6-2-1-3-7-18)16-24(34-30)19-12-14-21(15-13-19)36(41)42)28(20-10-11-20)32-35(31)26(33(39)40)17-27(45-32)22-8-4-5-9-25(22)37(43)44/h1-9,12-16,20,26-27H,10-11,17H2,(H,39,40). The number of benzene rings is 3. The predicted octanol–water partition coefficient (Wildman–Crippen LogP) is 7.29. The van der Waals surface area contributed by atoms with Gasteiger partial charge in [-0.15, -0.1) is 0 Å². The monoisotopic (exact) mass is 620 g/mol. The first-order valence-corrected chi connectivity index (χ1v) is 15.2. The number of aromatic nitrogens is 2. The summed E-state index contributed by atoms with van der Waals surface area (Å²) in [7, 11) is 0. The third-order valence-electron chi connectivity index (χ3n) is 8.37. The van der Waals surface area contributed by atoms with E-state index in [1.54, 1.807) is 30.3 Å². The lowest BCUT2D eigenvalue weighted by molar-refractivity contribution is -0.385. The zero-order valence-corrected chi connectivity index (χ0v) is 24.3. The highest BCUT2D eigenvalue weighted by Crippen LogP contribution is 2.55. The van der Waals surface area contributed by atoms with Crippen LogP contribution in [-0.2, 0) is 4.79 Å². The Bertz CT molecular complexity index is 2090. The van der Waals surface area contributed by atoms with Crippen LogP contribution in [0, 0.1) is 20.2 Å². The second-order valence-corrected chi connectivity index (χ2v) is 12.3. The number of para-hydroxylation sites is 1. The lowest BCUT2D eigenvalue weighted by atomic mass is 9.94. The molecule has 7 rings (SSSR count). The number of thioether (sulfide) groups is 1. The summed E-state index contributed by atoms with van der Waals surface area (Å²) in [4.78, 5) is 54.3. The fourth-order valence-electron chi connectivity index (χ4n) is 6.14. The van der Waals surface area contributed by atoms with Gasteiger partial charge in [0.05, 0.1) is 20.6 Å². The van der Waals surface area contributed by atoms with Crippen molar-refractivity contribution in [1.82, 2.24) is 9.55 Å². The van der Waals surface area contributed by atoms with Crippen LogP contribution >= 0.6 is 11.8 Å². The number of nitrogens with zero attached hydrogens (tertiary/aromatic N) is 4. The van der Waals surface area contributed by atoms with Crippen LogP contribution in [0.2, 0.25) is 0 Å². The van der Waals surface area contributed by atoms with Crippen LogP contribution < -0.4 is 5.56 Å². The maximum absolute atomic E-state index is 14.4. The molecule has 0 radical (unpaired) electrons. The van der Waals surface area contributed by atoms with Crippen molar-refractivity contribution < 1.29 is 19.7 Å². The summed E-state index contributed by atoms with van der Waals surface area (Å²) in [5, 5.41) is 34.2. The van der Waals surface area contributed by atoms with Gasteiger partial charge >= 0.3 is 5.97 Å². The van der Waals surface area contributed by atoms with Crippen LogP contribution in [-0.4, -0.2) is 30.5 Å². The number of hydrogen-bond acceptors (Lipinski definition) is 8. The molecule has 1 saturated carbocycles. The van der Waals surface area contributed by atoms with Crippen LogP contribution in [0.5, 0.6) is 0 Å². The molecule has 1 aliphatic heterocycles. The van der Waals surface area contributed by atoms with Gasteiger partial charge in [-0.25, -0.2) is 9.78 Å². The smallest absolute Gasteiger partial charge is 0.326 e. The predicted molar refractivity (Wildman–Crippen MR) is 168 cm³/mol. The highest BCUT2D eigenvalue weighted by Gasteiger charge is 2.42. The molecule has 3 heterocycles. The van der Waals surface area contributed by atoms with Crippen molar-refractivity contribution in [2.24, 2.45) is 0 Å². The van der Waals surface area contributed by atoms with Gasteiger partial charge in [-0.2, -0.15) is 0 Å². The molecule has 0 saturated heterocycles. The molecule has 0 spiro atoms. The van der Waals surface area contributed by atoms with Crippen molar-refractivity contribution >= 4 is 40.0 Å². The highest BCUT2D eigenvalue weighted by atomic mass is 32.2. The third-order valence-corrected chi connectivity index (χ3v) is 9.74. The van der Waals surface area contributed by atoms with E-state index < -0.39 is 32.7 Å². The Balaban J connectivity index is 1.54. The van der Waals surface area contributed by atoms with Crippen LogP contribution in [0.15, 0.2) is 94.7 Å². The largest absolute Gasteiger partial charge is 0.480 e. The lowest BCUT2D eigenvalue weighted by Gasteiger charge is -2.33. The van der Waals surface area contributed by atoms with Crippen molar-refractivity contribution in [2.75, 3.05) is 0 Å². The maximum Gasteiger partial charge on any atom is 0.326 e. The molecule has 2 atom stereocenters. The first-order valence-electron chi connectivity index (χ1n) is 14.3. The minimum atomic E-state index is -1.27. The average molecular weight is 621 g/mol. The number of hydrogen-bond donors (Lipinski definition) is 1. The van der Waals surface area contributed by atoms with Gasteiger partial charge < -0.3 is 5.11 Å². The number of nitro benzene ring substituents is 2. The second kappa shape index (κ2) is 11.0. The van der Waals surface area contributed by atoms with E-state index in [2.05, 4.69) is 0 Å². The number of carboxylic acids is 1. The van der Waals surface area contributed by atoms with Gasteiger partial charge in [0.25, 0.3) is 16.9 Å². The summed E-state index contributed by atoms with van der Waals surface area (Å²) in [6.07, 6.45) is 1.65. The van der Waals surface area contributed by atoms with Crippen LogP contribution in [0.1, 0.15) is 47.6 Å². The maximum atomic E-state index is 14.4. The third kappa shape index (κ3) is 4.92. The van der Waals surface area contributed by atoms with E-state index in [9.17, 15) is 34.9 Å². The topological polar surface area (TPSA) is 158 Å². The van der Waals surface area contributed by atoms with Gasteiger partial charge in [0.15, 0.2) is 0 Å². The van der Waals surface area contributed by atoms with Gasteiger partial charge in [0, 0.05) is 40.0 Å². The van der Waals surface area contributed by atoms with Crippen LogP contribution in [0.25, 0.3) is 33.3 Å². The molecule has 2 aromatic heterocycles. The lowest BCUT2D eigenvalue weighted by Crippen LogP contribution is -2.36. The molecule has 2 unspecified atom stereocenters. The molecule has 45 heavy (non-hydrogen) atoms. The number of non-ortho nitro benzene ring substituents is 1. The van der Waals surface area contributed by atoms with Crippen LogP contribution in [0.4, 0.5) is 11.4 Å². The van der Waals surface area contributed by atoms with E-state index in [4.69, 9.17) is 4.98 Å². The summed E-state index contributed by atoms with van der Waals surface area (Å²) >= 11 is 1.30. The van der Waals surface area contributed by atoms with Crippen LogP contribution in [0.3, 0.4) is 0 Å². The number of rotatable bonds is 7. The van der Waals surface area contributed by atoms with Crippen molar-refractivity contribution in [3.63, 3.8) is 0 Å². The number of carboxylic acid groups (broad SMARTS) is 1. The first-order chi connectivity index (χ1) is 21.7. The summed E-state index contributed by atoms with van der Waals surface area (Å²) in [5.41, 5.74) is 3.16. The Morgan fingerprint density at radius 2 is 1.60 bits per heavy atom. The van der Waals surface area contributed by atoms with Crippen molar-refractivity contribution in [3.8, 4) is 22.4 Å². The van der Waals surface area contributed by atoms with E-state index in [-0.39, 0.29) is 29.2 Å². The number of fused-ring (bicyclic) bond motifs is 2.